The van der Waals surface area contributed by atoms with Crippen molar-refractivity contribution in [2.24, 2.45) is 0 Å². The summed E-state index contributed by atoms with van der Waals surface area (Å²) in [5, 5.41) is 0. The van der Waals surface area contributed by atoms with E-state index in [0.29, 0.717) is 6.54 Å². The van der Waals surface area contributed by atoms with Crippen LogP contribution in [0.25, 0.3) is 0 Å². The summed E-state index contributed by atoms with van der Waals surface area (Å²) in [5.74, 6) is -0.136. The molecule has 2 aliphatic heterocycles. The van der Waals surface area contributed by atoms with Crippen LogP contribution in [-0.2, 0) is 16.1 Å². The second kappa shape index (κ2) is 3.17. The van der Waals surface area contributed by atoms with E-state index in [0.717, 1.165) is 5.56 Å². The number of hydrogen-bond donors (Lipinski definition) is 0. The van der Waals surface area contributed by atoms with Crippen LogP contribution in [0.4, 0.5) is 0 Å². The monoisotopic (exact) mass is 230 g/mol. The number of likely N-dealkylation sites (tertiary alicyclic amines) is 1. The van der Waals surface area contributed by atoms with E-state index in [1.165, 1.54) is 4.90 Å². The summed E-state index contributed by atoms with van der Waals surface area (Å²) in [6.45, 7) is 2.22. The van der Waals surface area contributed by atoms with Gasteiger partial charge in [0.05, 0.1) is 6.54 Å². The van der Waals surface area contributed by atoms with Crippen LogP contribution in [-0.4, -0.2) is 40.2 Å². The van der Waals surface area contributed by atoms with Gasteiger partial charge >= 0.3 is 0 Å². The molecule has 2 fully saturated rings. The topological polar surface area (TPSA) is 40.4 Å². The van der Waals surface area contributed by atoms with Crippen LogP contribution < -0.4 is 0 Å². The zero-order valence-corrected chi connectivity index (χ0v) is 9.88. The lowest BCUT2D eigenvalue weighted by Crippen LogP contribution is -2.40. The maximum atomic E-state index is 12.2. The molecule has 0 aliphatic carbocycles. The molecule has 0 bridgehead atoms. The van der Waals surface area contributed by atoms with Crippen LogP contribution in [0.5, 0.6) is 0 Å². The summed E-state index contributed by atoms with van der Waals surface area (Å²) in [7, 11) is 1.82. The molecule has 0 N–H and O–H groups in total. The van der Waals surface area contributed by atoms with E-state index in [4.69, 9.17) is 0 Å². The second-order valence-electron chi connectivity index (χ2n) is 4.88. The first-order chi connectivity index (χ1) is 8.06. The normalized spacial score (nSPS) is 35.1. The molecular formula is C13H14N2O2. The van der Waals surface area contributed by atoms with E-state index in [-0.39, 0.29) is 17.9 Å². The average molecular weight is 230 g/mol. The zero-order valence-electron chi connectivity index (χ0n) is 9.88. The highest BCUT2D eigenvalue weighted by atomic mass is 16.2. The smallest absolute Gasteiger partial charge is 0.251 e. The molecule has 1 aromatic carbocycles. The van der Waals surface area contributed by atoms with Gasteiger partial charge in [-0.2, -0.15) is 0 Å². The lowest BCUT2D eigenvalue weighted by molar-refractivity contribution is -0.144. The quantitative estimate of drug-likeness (QED) is 0.552. The standard InChI is InChI=1S/C13H14N2O2/c1-13-10(14(13)2)11(16)15(12(13)17)8-9-6-4-3-5-7-9/h3-7,10H,8H2,1-2H3. The molecule has 2 aliphatic rings. The Labute approximate surface area is 99.8 Å². The van der Waals surface area contributed by atoms with Crippen LogP contribution in [0.3, 0.4) is 0 Å². The van der Waals surface area contributed by atoms with Gasteiger partial charge in [-0.05, 0) is 19.5 Å². The number of carbonyl (C=O) groups excluding carboxylic acids is 2. The van der Waals surface area contributed by atoms with Crippen molar-refractivity contribution < 1.29 is 9.59 Å². The van der Waals surface area contributed by atoms with E-state index in [1.54, 1.807) is 0 Å². The van der Waals surface area contributed by atoms with E-state index in [9.17, 15) is 9.59 Å². The van der Waals surface area contributed by atoms with Crippen molar-refractivity contribution in [3.05, 3.63) is 35.9 Å². The number of fused-ring (bicyclic) bond motifs is 1. The Balaban J connectivity index is 1.84. The maximum Gasteiger partial charge on any atom is 0.251 e. The van der Waals surface area contributed by atoms with Gasteiger partial charge in [0.1, 0.15) is 11.6 Å². The first-order valence-corrected chi connectivity index (χ1v) is 5.69. The molecule has 2 heterocycles. The Kier molecular flexibility index (Phi) is 1.95. The minimum Gasteiger partial charge on any atom is -0.277 e. The first-order valence-electron chi connectivity index (χ1n) is 5.69. The number of nitrogens with zero attached hydrogens (tertiary/aromatic N) is 2. The van der Waals surface area contributed by atoms with E-state index >= 15 is 0 Å². The highest BCUT2D eigenvalue weighted by molar-refractivity contribution is 6.15. The predicted molar refractivity (Wildman–Crippen MR) is 62.0 cm³/mol. The fourth-order valence-corrected chi connectivity index (χ4v) is 2.66. The number of rotatable bonds is 2. The number of benzene rings is 1. The summed E-state index contributed by atoms with van der Waals surface area (Å²) in [6.07, 6.45) is 0. The molecule has 2 amide bonds. The van der Waals surface area contributed by atoms with Gasteiger partial charge in [-0.15, -0.1) is 0 Å². The summed E-state index contributed by atoms with van der Waals surface area (Å²) in [6, 6.07) is 9.36. The van der Waals surface area contributed by atoms with Crippen molar-refractivity contribution >= 4 is 11.8 Å². The van der Waals surface area contributed by atoms with Gasteiger partial charge in [-0.25, -0.2) is 0 Å². The zero-order chi connectivity index (χ0) is 12.2. The molecule has 0 spiro atoms. The third-order valence-corrected chi connectivity index (χ3v) is 3.95. The summed E-state index contributed by atoms with van der Waals surface area (Å²) in [5.41, 5.74) is 0.410. The summed E-state index contributed by atoms with van der Waals surface area (Å²) >= 11 is 0. The number of imide groups is 1. The highest BCUT2D eigenvalue weighted by Gasteiger charge is 2.73. The SMILES string of the molecule is CN1C2C(=O)N(Cc3ccccc3)C(=O)C21C. The maximum absolute atomic E-state index is 12.2. The van der Waals surface area contributed by atoms with Crippen LogP contribution in [0, 0.1) is 0 Å². The Morgan fingerprint density at radius 2 is 1.88 bits per heavy atom. The van der Waals surface area contributed by atoms with E-state index in [2.05, 4.69) is 0 Å². The fourth-order valence-electron chi connectivity index (χ4n) is 2.66. The third kappa shape index (κ3) is 1.21. The van der Waals surface area contributed by atoms with Crippen molar-refractivity contribution in [3.63, 3.8) is 0 Å². The predicted octanol–water partition coefficient (Wildman–Crippen LogP) is 0.628. The minimum atomic E-state index is -0.578. The molecule has 3 atom stereocenters. The van der Waals surface area contributed by atoms with Crippen molar-refractivity contribution in [2.45, 2.75) is 25.0 Å². The van der Waals surface area contributed by atoms with Gasteiger partial charge in [-0.1, -0.05) is 30.3 Å². The molecule has 3 unspecified atom stereocenters. The van der Waals surface area contributed by atoms with Crippen LogP contribution in [0.15, 0.2) is 30.3 Å². The number of piperazine rings is 1. The Morgan fingerprint density at radius 1 is 1.24 bits per heavy atom. The lowest BCUT2D eigenvalue weighted by Gasteiger charge is -2.20. The molecule has 0 radical (unpaired) electrons. The summed E-state index contributed by atoms with van der Waals surface area (Å²) < 4.78 is 0. The van der Waals surface area contributed by atoms with Crippen LogP contribution >= 0.6 is 0 Å². The van der Waals surface area contributed by atoms with Gasteiger partial charge in [0, 0.05) is 0 Å². The minimum absolute atomic E-state index is 0.0659. The Morgan fingerprint density at radius 3 is 2.41 bits per heavy atom. The molecule has 4 heteroatoms. The van der Waals surface area contributed by atoms with E-state index in [1.807, 2.05) is 49.2 Å². The number of amides is 2. The highest BCUT2D eigenvalue weighted by Crippen LogP contribution is 2.47. The van der Waals surface area contributed by atoms with Crippen LogP contribution in [0.2, 0.25) is 0 Å². The molecule has 0 aromatic heterocycles. The molecule has 3 rings (SSSR count). The molecule has 1 aromatic rings. The van der Waals surface area contributed by atoms with Gasteiger partial charge < -0.3 is 0 Å². The molecular weight excluding hydrogens is 216 g/mol. The number of carbonyl (C=O) groups is 2. The first kappa shape index (κ1) is 10.5. The van der Waals surface area contributed by atoms with Crippen molar-refractivity contribution in [3.8, 4) is 0 Å². The van der Waals surface area contributed by atoms with Crippen molar-refractivity contribution in [1.29, 1.82) is 0 Å². The second-order valence-corrected chi connectivity index (χ2v) is 4.88. The molecule has 88 valence electrons. The Bertz CT molecular complexity index is 499. The average Bonchev–Trinajstić information content (AvgIpc) is 2.83. The number of likely N-dealkylation sites (N-methyl/N-ethyl adjacent to an activating group) is 1. The fraction of sp³-hybridized carbons (Fsp3) is 0.385. The van der Waals surface area contributed by atoms with Gasteiger partial charge in [0.15, 0.2) is 0 Å². The van der Waals surface area contributed by atoms with Gasteiger partial charge in [0.2, 0.25) is 5.91 Å². The van der Waals surface area contributed by atoms with Gasteiger partial charge in [0.25, 0.3) is 5.91 Å². The molecule has 0 saturated carbocycles. The third-order valence-electron chi connectivity index (χ3n) is 3.95. The van der Waals surface area contributed by atoms with E-state index < -0.39 is 5.54 Å². The summed E-state index contributed by atoms with van der Waals surface area (Å²) in [4.78, 5) is 27.4. The lowest BCUT2D eigenvalue weighted by atomic mass is 10.1. The molecule has 2 saturated heterocycles. The molecule has 17 heavy (non-hydrogen) atoms. The largest absolute Gasteiger partial charge is 0.277 e. The molecule has 4 nitrogen and oxygen atoms in total. The number of hydrogen-bond acceptors (Lipinski definition) is 3. The van der Waals surface area contributed by atoms with Crippen molar-refractivity contribution in [2.75, 3.05) is 7.05 Å². The van der Waals surface area contributed by atoms with Gasteiger partial charge in [-0.3, -0.25) is 19.4 Å². The van der Waals surface area contributed by atoms with Crippen molar-refractivity contribution in [1.82, 2.24) is 9.80 Å². The Hall–Kier alpha value is -1.68. The van der Waals surface area contributed by atoms with Crippen LogP contribution in [0.1, 0.15) is 12.5 Å².